The summed E-state index contributed by atoms with van der Waals surface area (Å²) < 4.78 is 6.19. The van der Waals surface area contributed by atoms with Crippen molar-refractivity contribution >= 4 is 39.4 Å². The summed E-state index contributed by atoms with van der Waals surface area (Å²) in [5, 5.41) is 2.67. The third kappa shape index (κ3) is 5.19. The summed E-state index contributed by atoms with van der Waals surface area (Å²) in [5.41, 5.74) is 0.974. The zero-order valence-electron chi connectivity index (χ0n) is 10.7. The van der Waals surface area contributed by atoms with Gasteiger partial charge in [0.05, 0.1) is 3.79 Å². The maximum absolute atomic E-state index is 11.5. The summed E-state index contributed by atoms with van der Waals surface area (Å²) in [6.07, 6.45) is 3.44. The number of benzene rings is 1. The van der Waals surface area contributed by atoms with Gasteiger partial charge in [-0.25, -0.2) is 4.79 Å². The predicted octanol–water partition coefficient (Wildman–Crippen LogP) is 4.45. The van der Waals surface area contributed by atoms with Crippen molar-refractivity contribution in [2.45, 2.75) is 6.61 Å². The molecule has 0 atom stereocenters. The number of hydrogen-bond donors (Lipinski definition) is 1. The number of nitrogens with one attached hydrogen (secondary N) is 1. The lowest BCUT2D eigenvalue weighted by Crippen LogP contribution is -2.24. The van der Waals surface area contributed by atoms with E-state index in [1.807, 2.05) is 54.6 Å². The molecule has 0 saturated carbocycles. The smallest absolute Gasteiger partial charge is 0.407 e. The molecule has 0 bridgehead atoms. The quantitative estimate of drug-likeness (QED) is 0.863. The van der Waals surface area contributed by atoms with Crippen LogP contribution in [0.5, 0.6) is 0 Å². The van der Waals surface area contributed by atoms with Gasteiger partial charge in [0, 0.05) is 11.4 Å². The van der Waals surface area contributed by atoms with Gasteiger partial charge in [0.15, 0.2) is 0 Å². The molecule has 0 aliphatic rings. The lowest BCUT2D eigenvalue weighted by atomic mass is 10.2. The molecule has 0 radical (unpaired) electrons. The number of halogens is 1. The first kappa shape index (κ1) is 14.8. The Bertz CT molecular complexity index is 581. The Morgan fingerprint density at radius 1 is 1.25 bits per heavy atom. The van der Waals surface area contributed by atoms with Crippen LogP contribution < -0.4 is 5.32 Å². The van der Waals surface area contributed by atoms with Gasteiger partial charge >= 0.3 is 6.09 Å². The lowest BCUT2D eigenvalue weighted by molar-refractivity contribution is 0.141. The van der Waals surface area contributed by atoms with Gasteiger partial charge in [-0.2, -0.15) is 0 Å². The van der Waals surface area contributed by atoms with E-state index in [2.05, 4.69) is 21.2 Å². The van der Waals surface area contributed by atoms with E-state index < -0.39 is 6.09 Å². The van der Waals surface area contributed by atoms with Crippen LogP contribution in [0.2, 0.25) is 0 Å². The van der Waals surface area contributed by atoms with Gasteiger partial charge in [0.25, 0.3) is 0 Å². The van der Waals surface area contributed by atoms with Crippen molar-refractivity contribution < 1.29 is 9.53 Å². The van der Waals surface area contributed by atoms with Crippen molar-refractivity contribution in [1.29, 1.82) is 0 Å². The summed E-state index contributed by atoms with van der Waals surface area (Å²) in [4.78, 5) is 12.6. The molecule has 1 aromatic heterocycles. The number of carbonyl (C=O) groups is 1. The van der Waals surface area contributed by atoms with E-state index >= 15 is 0 Å². The third-order valence-corrected chi connectivity index (χ3v) is 4.04. The van der Waals surface area contributed by atoms with E-state index in [9.17, 15) is 4.79 Å². The van der Waals surface area contributed by atoms with Gasteiger partial charge in [-0.15, -0.1) is 11.3 Å². The first-order valence-electron chi connectivity index (χ1n) is 6.10. The monoisotopic (exact) mass is 351 g/mol. The minimum absolute atomic E-state index is 0.286. The van der Waals surface area contributed by atoms with E-state index in [0.29, 0.717) is 6.54 Å². The maximum Gasteiger partial charge on any atom is 0.407 e. The maximum atomic E-state index is 11.5. The largest absolute Gasteiger partial charge is 0.445 e. The van der Waals surface area contributed by atoms with E-state index in [1.165, 1.54) is 0 Å². The van der Waals surface area contributed by atoms with Crippen molar-refractivity contribution in [3.05, 3.63) is 62.8 Å². The van der Waals surface area contributed by atoms with Crippen LogP contribution in [0.4, 0.5) is 4.79 Å². The van der Waals surface area contributed by atoms with Crippen LogP contribution in [-0.4, -0.2) is 12.6 Å². The fraction of sp³-hybridized carbons (Fsp3) is 0.133. The molecular weight excluding hydrogens is 338 g/mol. The first-order chi connectivity index (χ1) is 9.74. The Morgan fingerprint density at radius 3 is 2.75 bits per heavy atom. The molecule has 1 N–H and O–H groups in total. The average molecular weight is 352 g/mol. The second-order valence-corrected chi connectivity index (χ2v) is 6.48. The van der Waals surface area contributed by atoms with Crippen LogP contribution in [0.3, 0.4) is 0 Å². The van der Waals surface area contributed by atoms with Gasteiger partial charge < -0.3 is 10.1 Å². The summed E-state index contributed by atoms with van der Waals surface area (Å²) in [6, 6.07) is 13.6. The highest BCUT2D eigenvalue weighted by Crippen LogP contribution is 2.22. The number of carbonyl (C=O) groups excluding carboxylic acids is 1. The van der Waals surface area contributed by atoms with Gasteiger partial charge in [0.2, 0.25) is 0 Å². The van der Waals surface area contributed by atoms with Gasteiger partial charge in [-0.3, -0.25) is 0 Å². The number of rotatable bonds is 5. The van der Waals surface area contributed by atoms with Crippen molar-refractivity contribution in [3.8, 4) is 0 Å². The fourth-order valence-corrected chi connectivity index (χ4v) is 2.86. The summed E-state index contributed by atoms with van der Waals surface area (Å²) in [7, 11) is 0. The standard InChI is InChI=1S/C15H14BrNO2S/c16-14-9-8-13(20-14)7-4-10-17-15(18)19-11-12-5-2-1-3-6-12/h1-9H,10-11H2,(H,17,18). The molecule has 0 fully saturated rings. The summed E-state index contributed by atoms with van der Waals surface area (Å²) in [6.45, 7) is 0.734. The predicted molar refractivity (Wildman–Crippen MR) is 85.7 cm³/mol. The Kier molecular flexibility index (Phi) is 5.83. The van der Waals surface area contributed by atoms with Gasteiger partial charge in [0.1, 0.15) is 6.61 Å². The van der Waals surface area contributed by atoms with Gasteiger partial charge in [-0.1, -0.05) is 36.4 Å². The molecule has 0 spiro atoms. The molecule has 0 aliphatic heterocycles. The fourth-order valence-electron chi connectivity index (χ4n) is 1.51. The van der Waals surface area contributed by atoms with Crippen LogP contribution in [0.25, 0.3) is 6.08 Å². The first-order valence-corrected chi connectivity index (χ1v) is 7.71. The summed E-state index contributed by atoms with van der Waals surface area (Å²) in [5.74, 6) is 0. The normalized spacial score (nSPS) is 10.7. The molecule has 1 amide bonds. The van der Waals surface area contributed by atoms with Gasteiger partial charge in [-0.05, 0) is 39.7 Å². The molecule has 5 heteroatoms. The van der Waals surface area contributed by atoms with Crippen LogP contribution in [0, 0.1) is 0 Å². The van der Waals surface area contributed by atoms with Crippen molar-refractivity contribution in [1.82, 2.24) is 5.32 Å². The molecule has 1 aromatic carbocycles. The third-order valence-electron chi connectivity index (χ3n) is 2.45. The second kappa shape index (κ2) is 7.87. The number of ether oxygens (including phenoxy) is 1. The van der Waals surface area contributed by atoms with Crippen LogP contribution in [0.15, 0.2) is 52.3 Å². The molecule has 1 heterocycles. The highest BCUT2D eigenvalue weighted by molar-refractivity contribution is 9.11. The molecule has 2 rings (SSSR count). The molecular formula is C15H14BrNO2S. The Morgan fingerprint density at radius 2 is 2.05 bits per heavy atom. The van der Waals surface area contributed by atoms with Crippen molar-refractivity contribution in [3.63, 3.8) is 0 Å². The zero-order chi connectivity index (χ0) is 14.2. The van der Waals surface area contributed by atoms with Crippen LogP contribution in [0.1, 0.15) is 10.4 Å². The molecule has 3 nitrogen and oxygen atoms in total. The number of thiophene rings is 1. The topological polar surface area (TPSA) is 38.3 Å². The van der Waals surface area contributed by atoms with Crippen LogP contribution >= 0.6 is 27.3 Å². The molecule has 2 aromatic rings. The van der Waals surface area contributed by atoms with E-state index in [-0.39, 0.29) is 6.61 Å². The molecule has 0 saturated heterocycles. The number of alkyl carbamates (subject to hydrolysis) is 1. The number of hydrogen-bond acceptors (Lipinski definition) is 3. The highest BCUT2D eigenvalue weighted by Gasteiger charge is 2.00. The number of amides is 1. The molecule has 104 valence electrons. The van der Waals surface area contributed by atoms with E-state index in [1.54, 1.807) is 11.3 Å². The Balaban J connectivity index is 1.66. The summed E-state index contributed by atoms with van der Waals surface area (Å²) >= 11 is 5.04. The SMILES string of the molecule is O=C(NCC=Cc1ccc(Br)s1)OCc1ccccc1. The second-order valence-electron chi connectivity index (χ2n) is 3.99. The zero-order valence-corrected chi connectivity index (χ0v) is 13.1. The highest BCUT2D eigenvalue weighted by atomic mass is 79.9. The van der Waals surface area contributed by atoms with Crippen molar-refractivity contribution in [2.24, 2.45) is 0 Å². The lowest BCUT2D eigenvalue weighted by Gasteiger charge is -2.04. The molecule has 0 aliphatic carbocycles. The minimum Gasteiger partial charge on any atom is -0.445 e. The van der Waals surface area contributed by atoms with E-state index in [0.717, 1.165) is 14.2 Å². The Hall–Kier alpha value is -1.59. The average Bonchev–Trinajstić information content (AvgIpc) is 2.88. The van der Waals surface area contributed by atoms with Crippen molar-refractivity contribution in [2.75, 3.05) is 6.54 Å². The minimum atomic E-state index is -0.411. The molecule has 0 unspecified atom stereocenters. The Labute approximate surface area is 130 Å². The van der Waals surface area contributed by atoms with E-state index in [4.69, 9.17) is 4.74 Å². The molecule has 20 heavy (non-hydrogen) atoms. The van der Waals surface area contributed by atoms with Crippen LogP contribution in [-0.2, 0) is 11.3 Å².